The minimum atomic E-state index is 0.684. The smallest absolute Gasteiger partial charge is 0.157 e. The van der Waals surface area contributed by atoms with Crippen molar-refractivity contribution in [3.05, 3.63) is 66.1 Å². The van der Waals surface area contributed by atoms with E-state index in [4.69, 9.17) is 14.5 Å². The lowest BCUT2D eigenvalue weighted by Crippen LogP contribution is -1.99. The predicted octanol–water partition coefficient (Wildman–Crippen LogP) is 4.28. The molecule has 2 aromatic carbocycles. The molecule has 0 aliphatic heterocycles. The van der Waals surface area contributed by atoms with E-state index in [1.54, 1.807) is 26.6 Å². The van der Waals surface area contributed by atoms with Gasteiger partial charge in [0.05, 0.1) is 26.1 Å². The number of aromatic nitrogens is 3. The van der Waals surface area contributed by atoms with Crippen LogP contribution in [0.3, 0.4) is 0 Å². The first-order valence-corrected chi connectivity index (χ1v) is 9.87. The quantitative estimate of drug-likeness (QED) is 0.373. The Kier molecular flexibility index (Phi) is 4.66. The average molecular weight is 415 g/mol. The molecular formula is C23H21N5O3. The number of imidazole rings is 1. The Morgan fingerprint density at radius 3 is 2.61 bits per heavy atom. The van der Waals surface area contributed by atoms with Crippen molar-refractivity contribution in [2.24, 2.45) is 5.16 Å². The number of anilines is 2. The van der Waals surface area contributed by atoms with Crippen molar-refractivity contribution in [2.75, 3.05) is 19.5 Å². The largest absolute Gasteiger partial charge is 0.497 e. The van der Waals surface area contributed by atoms with Crippen molar-refractivity contribution < 1.29 is 14.7 Å². The van der Waals surface area contributed by atoms with Gasteiger partial charge in [0.1, 0.15) is 23.0 Å². The van der Waals surface area contributed by atoms with Gasteiger partial charge in [-0.1, -0.05) is 11.2 Å². The average Bonchev–Trinajstić information content (AvgIpc) is 3.39. The number of nitrogens with one attached hydrogen (secondary N) is 1. The van der Waals surface area contributed by atoms with Crippen LogP contribution in [-0.4, -0.2) is 39.5 Å². The van der Waals surface area contributed by atoms with Gasteiger partial charge in [-0.25, -0.2) is 4.98 Å². The van der Waals surface area contributed by atoms with E-state index in [9.17, 15) is 5.21 Å². The lowest BCUT2D eigenvalue weighted by Gasteiger charge is -2.12. The van der Waals surface area contributed by atoms with Crippen LogP contribution in [0.5, 0.6) is 11.5 Å². The first-order chi connectivity index (χ1) is 15.2. The second-order valence-electron chi connectivity index (χ2n) is 7.26. The maximum Gasteiger partial charge on any atom is 0.157 e. The summed E-state index contributed by atoms with van der Waals surface area (Å²) in [5.74, 6) is 2.18. The summed E-state index contributed by atoms with van der Waals surface area (Å²) in [5, 5.41) is 16.1. The summed E-state index contributed by atoms with van der Waals surface area (Å²) in [6, 6.07) is 11.7. The van der Waals surface area contributed by atoms with E-state index in [-0.39, 0.29) is 0 Å². The van der Waals surface area contributed by atoms with Gasteiger partial charge in [0, 0.05) is 35.3 Å². The van der Waals surface area contributed by atoms with Crippen LogP contribution in [-0.2, 0) is 6.42 Å². The summed E-state index contributed by atoms with van der Waals surface area (Å²) in [6.07, 6.45) is 6.91. The number of rotatable bonds is 5. The number of ether oxygens (including phenoxy) is 2. The van der Waals surface area contributed by atoms with Crippen molar-refractivity contribution in [3.8, 4) is 22.8 Å². The van der Waals surface area contributed by atoms with Crippen LogP contribution in [0.2, 0.25) is 0 Å². The Morgan fingerprint density at radius 1 is 1.06 bits per heavy atom. The summed E-state index contributed by atoms with van der Waals surface area (Å²) >= 11 is 0. The molecule has 1 aliphatic rings. The number of benzene rings is 2. The SMILES string of the molecule is COc1cc(OC)cc(-c2nc3cnccn3c2Nc2ccc3c(c2)CC/C3=N\O)c1. The van der Waals surface area contributed by atoms with E-state index in [0.717, 1.165) is 58.1 Å². The van der Waals surface area contributed by atoms with Gasteiger partial charge in [-0.3, -0.25) is 9.38 Å². The molecule has 0 fully saturated rings. The number of nitrogens with zero attached hydrogens (tertiary/aromatic N) is 4. The molecule has 0 atom stereocenters. The lowest BCUT2D eigenvalue weighted by molar-refractivity contribution is 0.318. The number of fused-ring (bicyclic) bond motifs is 2. The fourth-order valence-corrected chi connectivity index (χ4v) is 3.96. The Morgan fingerprint density at radius 2 is 1.87 bits per heavy atom. The molecule has 0 bridgehead atoms. The van der Waals surface area contributed by atoms with Crippen LogP contribution in [0, 0.1) is 0 Å². The highest BCUT2D eigenvalue weighted by Gasteiger charge is 2.20. The third kappa shape index (κ3) is 3.31. The molecule has 0 saturated heterocycles. The van der Waals surface area contributed by atoms with Crippen molar-refractivity contribution in [2.45, 2.75) is 12.8 Å². The number of hydrogen-bond donors (Lipinski definition) is 2. The lowest BCUT2D eigenvalue weighted by atomic mass is 10.1. The summed E-state index contributed by atoms with van der Waals surface area (Å²) in [4.78, 5) is 9.01. The molecule has 1 aliphatic carbocycles. The highest BCUT2D eigenvalue weighted by Crippen LogP contribution is 2.36. The molecule has 0 radical (unpaired) electrons. The molecule has 2 heterocycles. The zero-order valence-electron chi connectivity index (χ0n) is 17.2. The fourth-order valence-electron chi connectivity index (χ4n) is 3.96. The highest BCUT2D eigenvalue weighted by atomic mass is 16.5. The van der Waals surface area contributed by atoms with Crippen LogP contribution in [0.4, 0.5) is 11.5 Å². The van der Waals surface area contributed by atoms with Gasteiger partial charge in [0.15, 0.2) is 5.65 Å². The minimum absolute atomic E-state index is 0.684. The van der Waals surface area contributed by atoms with E-state index < -0.39 is 0 Å². The van der Waals surface area contributed by atoms with Gasteiger partial charge in [-0.05, 0) is 42.7 Å². The molecule has 2 aromatic heterocycles. The molecule has 5 rings (SSSR count). The summed E-state index contributed by atoms with van der Waals surface area (Å²) in [5.41, 5.74) is 6.13. The topological polar surface area (TPSA) is 93.3 Å². The van der Waals surface area contributed by atoms with Crippen LogP contribution in [0.1, 0.15) is 17.5 Å². The van der Waals surface area contributed by atoms with E-state index in [1.165, 1.54) is 0 Å². The number of methoxy groups -OCH3 is 2. The third-order valence-corrected chi connectivity index (χ3v) is 5.49. The van der Waals surface area contributed by atoms with Gasteiger partial charge in [0.25, 0.3) is 0 Å². The number of aryl methyl sites for hydroxylation is 1. The maximum absolute atomic E-state index is 9.19. The minimum Gasteiger partial charge on any atom is -0.497 e. The molecule has 8 nitrogen and oxygen atoms in total. The van der Waals surface area contributed by atoms with Crippen molar-refractivity contribution in [3.63, 3.8) is 0 Å². The second-order valence-corrected chi connectivity index (χ2v) is 7.26. The van der Waals surface area contributed by atoms with Crippen LogP contribution < -0.4 is 14.8 Å². The normalized spacial score (nSPS) is 14.1. The maximum atomic E-state index is 9.19. The van der Waals surface area contributed by atoms with Gasteiger partial charge >= 0.3 is 0 Å². The van der Waals surface area contributed by atoms with E-state index >= 15 is 0 Å². The Bertz CT molecular complexity index is 1290. The summed E-state index contributed by atoms with van der Waals surface area (Å²) in [6.45, 7) is 0. The number of oxime groups is 1. The van der Waals surface area contributed by atoms with E-state index in [2.05, 4.69) is 21.5 Å². The van der Waals surface area contributed by atoms with Crippen molar-refractivity contribution in [1.29, 1.82) is 0 Å². The van der Waals surface area contributed by atoms with Crippen molar-refractivity contribution in [1.82, 2.24) is 14.4 Å². The van der Waals surface area contributed by atoms with Crippen LogP contribution >= 0.6 is 0 Å². The molecule has 31 heavy (non-hydrogen) atoms. The monoisotopic (exact) mass is 415 g/mol. The van der Waals surface area contributed by atoms with Crippen molar-refractivity contribution >= 4 is 22.9 Å². The molecule has 0 saturated carbocycles. The third-order valence-electron chi connectivity index (χ3n) is 5.49. The Labute approximate surface area is 178 Å². The molecule has 156 valence electrons. The Balaban J connectivity index is 1.63. The zero-order chi connectivity index (χ0) is 21.4. The standard InChI is InChI=1S/C23H21N5O3/c1-30-17-10-15(11-18(12-17)31-2)22-23(28-8-7-24-13-21(28)26-22)25-16-4-5-19-14(9-16)3-6-20(19)27-29/h4-5,7-13,25,29H,3,6H2,1-2H3/b27-20+. The van der Waals surface area contributed by atoms with Gasteiger partial charge in [0.2, 0.25) is 0 Å². The predicted molar refractivity (Wildman–Crippen MR) is 118 cm³/mol. The Hall–Kier alpha value is -4.07. The molecule has 0 spiro atoms. The number of hydrogen-bond acceptors (Lipinski definition) is 7. The molecule has 2 N–H and O–H groups in total. The molecule has 0 amide bonds. The first kappa shape index (κ1) is 18.9. The fraction of sp³-hybridized carbons (Fsp3) is 0.174. The zero-order valence-corrected chi connectivity index (χ0v) is 17.2. The molecule has 0 unspecified atom stereocenters. The molecule has 4 aromatic rings. The first-order valence-electron chi connectivity index (χ1n) is 9.87. The van der Waals surface area contributed by atoms with E-state index in [1.807, 2.05) is 40.9 Å². The van der Waals surface area contributed by atoms with Gasteiger partial charge in [-0.15, -0.1) is 0 Å². The summed E-state index contributed by atoms with van der Waals surface area (Å²) < 4.78 is 12.8. The second kappa shape index (κ2) is 7.64. The highest BCUT2D eigenvalue weighted by molar-refractivity contribution is 6.04. The van der Waals surface area contributed by atoms with Crippen LogP contribution in [0.15, 0.2) is 60.1 Å². The van der Waals surface area contributed by atoms with Crippen LogP contribution in [0.25, 0.3) is 16.9 Å². The van der Waals surface area contributed by atoms with E-state index in [0.29, 0.717) is 11.5 Å². The summed E-state index contributed by atoms with van der Waals surface area (Å²) in [7, 11) is 3.25. The van der Waals surface area contributed by atoms with Gasteiger partial charge in [-0.2, -0.15) is 0 Å². The molecule has 8 heteroatoms. The molecular weight excluding hydrogens is 394 g/mol. The van der Waals surface area contributed by atoms with Gasteiger partial charge < -0.3 is 20.0 Å².